The molecule has 1 aromatic rings. The van der Waals surface area contributed by atoms with Gasteiger partial charge >= 0.3 is 0 Å². The fourth-order valence-electron chi connectivity index (χ4n) is 1.10. The Morgan fingerprint density at radius 2 is 2.21 bits per heavy atom. The van der Waals surface area contributed by atoms with Crippen molar-refractivity contribution < 1.29 is 13.9 Å². The predicted molar refractivity (Wildman–Crippen MR) is 52.8 cm³/mol. The number of rotatable bonds is 3. The van der Waals surface area contributed by atoms with E-state index < -0.39 is 6.43 Å². The molecule has 0 aliphatic carbocycles. The van der Waals surface area contributed by atoms with Crippen molar-refractivity contribution in [1.82, 2.24) is 4.98 Å². The Labute approximate surface area is 93.0 Å². The van der Waals surface area contributed by atoms with Crippen LogP contribution in [0.2, 0.25) is 5.02 Å². The summed E-state index contributed by atoms with van der Waals surface area (Å²) in [5, 5.41) is 8.99. The van der Waals surface area contributed by atoms with Crippen LogP contribution in [0.15, 0.2) is 6.20 Å². The number of aliphatic hydroxyl groups is 1. The van der Waals surface area contributed by atoms with Gasteiger partial charge in [0.25, 0.3) is 6.43 Å². The molecular formula is C8H7BrClF2NO. The Bertz CT molecular complexity index is 335. The van der Waals surface area contributed by atoms with E-state index in [0.29, 0.717) is 0 Å². The number of aromatic nitrogens is 1. The van der Waals surface area contributed by atoms with E-state index in [1.165, 1.54) is 0 Å². The number of alkyl halides is 3. The van der Waals surface area contributed by atoms with Crippen LogP contribution in [0.3, 0.4) is 0 Å². The minimum absolute atomic E-state index is 0.0772. The molecule has 0 radical (unpaired) electrons. The van der Waals surface area contributed by atoms with Crippen LogP contribution in [-0.4, -0.2) is 10.1 Å². The highest BCUT2D eigenvalue weighted by Gasteiger charge is 2.19. The van der Waals surface area contributed by atoms with E-state index in [2.05, 4.69) is 20.9 Å². The molecule has 1 rings (SSSR count). The zero-order valence-electron chi connectivity index (χ0n) is 6.98. The van der Waals surface area contributed by atoms with Gasteiger partial charge < -0.3 is 5.11 Å². The van der Waals surface area contributed by atoms with Crippen molar-refractivity contribution in [2.24, 2.45) is 0 Å². The summed E-state index contributed by atoms with van der Waals surface area (Å²) < 4.78 is 25.2. The number of hydrogen-bond acceptors (Lipinski definition) is 2. The average Bonchev–Trinajstić information content (AvgIpc) is 2.16. The van der Waals surface area contributed by atoms with Crippen LogP contribution >= 0.6 is 27.5 Å². The molecule has 0 aromatic carbocycles. The lowest BCUT2D eigenvalue weighted by molar-refractivity contribution is 0.150. The summed E-state index contributed by atoms with van der Waals surface area (Å²) in [5.74, 6) is 0. The normalized spacial score (nSPS) is 11.0. The molecule has 1 N–H and O–H groups in total. The number of hydrogen-bond donors (Lipinski definition) is 1. The average molecular weight is 287 g/mol. The van der Waals surface area contributed by atoms with Gasteiger partial charge in [-0.05, 0) is 5.56 Å². The van der Waals surface area contributed by atoms with Gasteiger partial charge in [0.2, 0.25) is 0 Å². The Hall–Kier alpha value is -0.260. The molecule has 0 atom stereocenters. The molecule has 1 heterocycles. The molecule has 0 amide bonds. The Morgan fingerprint density at radius 3 is 2.64 bits per heavy atom. The van der Waals surface area contributed by atoms with E-state index in [4.69, 9.17) is 16.7 Å². The van der Waals surface area contributed by atoms with Crippen molar-refractivity contribution in [1.29, 1.82) is 0 Å². The van der Waals surface area contributed by atoms with E-state index in [1.54, 1.807) is 0 Å². The molecule has 14 heavy (non-hydrogen) atoms. The highest BCUT2D eigenvalue weighted by molar-refractivity contribution is 9.08. The van der Waals surface area contributed by atoms with Crippen LogP contribution in [0.5, 0.6) is 0 Å². The lowest BCUT2D eigenvalue weighted by Crippen LogP contribution is -2.02. The smallest absolute Gasteiger partial charge is 0.265 e. The van der Waals surface area contributed by atoms with Crippen LogP contribution in [0.4, 0.5) is 8.78 Å². The molecule has 0 saturated heterocycles. The minimum atomic E-state index is -2.66. The highest BCUT2D eigenvalue weighted by Crippen LogP contribution is 2.32. The van der Waals surface area contributed by atoms with Gasteiger partial charge in [0.15, 0.2) is 0 Å². The number of pyridine rings is 1. The van der Waals surface area contributed by atoms with Gasteiger partial charge in [-0.25, -0.2) is 8.78 Å². The summed E-state index contributed by atoms with van der Waals surface area (Å²) in [6, 6.07) is 0. The largest absolute Gasteiger partial charge is 0.390 e. The van der Waals surface area contributed by atoms with Crippen LogP contribution < -0.4 is 0 Å². The molecule has 0 aliphatic rings. The van der Waals surface area contributed by atoms with Crippen LogP contribution in [0, 0.1) is 0 Å². The van der Waals surface area contributed by atoms with Gasteiger partial charge in [-0.2, -0.15) is 0 Å². The monoisotopic (exact) mass is 285 g/mol. The first-order chi connectivity index (χ1) is 6.61. The molecule has 0 spiro atoms. The third-order valence-corrected chi connectivity index (χ3v) is 2.63. The first kappa shape index (κ1) is 11.8. The highest BCUT2D eigenvalue weighted by atomic mass is 79.9. The summed E-state index contributed by atoms with van der Waals surface area (Å²) in [4.78, 5) is 3.77. The van der Waals surface area contributed by atoms with E-state index >= 15 is 0 Å². The van der Waals surface area contributed by atoms with Gasteiger partial charge in [-0.15, -0.1) is 0 Å². The summed E-state index contributed by atoms with van der Waals surface area (Å²) in [6.07, 6.45) is -1.54. The maximum atomic E-state index is 12.6. The van der Waals surface area contributed by atoms with Crippen molar-refractivity contribution in [3.63, 3.8) is 0 Å². The molecule has 2 nitrogen and oxygen atoms in total. The van der Waals surface area contributed by atoms with E-state index in [9.17, 15) is 8.78 Å². The van der Waals surface area contributed by atoms with Crippen molar-refractivity contribution >= 4 is 27.5 Å². The van der Waals surface area contributed by atoms with Crippen molar-refractivity contribution in [2.45, 2.75) is 18.4 Å². The first-order valence-electron chi connectivity index (χ1n) is 3.73. The van der Waals surface area contributed by atoms with Crippen molar-refractivity contribution in [3.05, 3.63) is 28.0 Å². The standard InChI is InChI=1S/C8H7BrClF2NO/c9-1-4-6(3-14)13-2-5(10)7(4)8(11)12/h2,8,14H,1,3H2. The Morgan fingerprint density at radius 1 is 1.57 bits per heavy atom. The van der Waals surface area contributed by atoms with Crippen molar-refractivity contribution in [3.8, 4) is 0 Å². The second-order valence-corrected chi connectivity index (χ2v) is 3.51. The second kappa shape index (κ2) is 5.00. The summed E-state index contributed by atoms with van der Waals surface area (Å²) in [5.41, 5.74) is 0.221. The van der Waals surface area contributed by atoms with Crippen LogP contribution in [0.1, 0.15) is 23.2 Å². The van der Waals surface area contributed by atoms with Crippen LogP contribution in [-0.2, 0) is 11.9 Å². The molecule has 0 fully saturated rings. The lowest BCUT2D eigenvalue weighted by atomic mass is 10.1. The Kier molecular flexibility index (Phi) is 4.22. The van der Waals surface area contributed by atoms with E-state index in [0.717, 1.165) is 6.20 Å². The van der Waals surface area contributed by atoms with Gasteiger partial charge in [0.1, 0.15) is 0 Å². The molecule has 0 bridgehead atoms. The molecule has 0 saturated carbocycles. The predicted octanol–water partition coefficient (Wildman–Crippen LogP) is 3.06. The fraction of sp³-hybridized carbons (Fsp3) is 0.375. The number of aliphatic hydroxyl groups excluding tert-OH is 1. The topological polar surface area (TPSA) is 33.1 Å². The van der Waals surface area contributed by atoms with Gasteiger partial charge in [0, 0.05) is 17.1 Å². The summed E-state index contributed by atoms with van der Waals surface area (Å²) >= 11 is 8.65. The van der Waals surface area contributed by atoms with E-state index in [1.807, 2.05) is 0 Å². The molecular weight excluding hydrogens is 279 g/mol. The van der Waals surface area contributed by atoms with Crippen LogP contribution in [0.25, 0.3) is 0 Å². The van der Waals surface area contributed by atoms with Crippen molar-refractivity contribution in [2.75, 3.05) is 0 Å². The lowest BCUT2D eigenvalue weighted by Gasteiger charge is -2.11. The van der Waals surface area contributed by atoms with Gasteiger partial charge in [-0.1, -0.05) is 27.5 Å². The number of halogens is 4. The van der Waals surface area contributed by atoms with E-state index in [-0.39, 0.29) is 33.8 Å². The minimum Gasteiger partial charge on any atom is -0.390 e. The zero-order valence-corrected chi connectivity index (χ0v) is 9.32. The molecule has 0 unspecified atom stereocenters. The molecule has 6 heteroatoms. The molecule has 1 aromatic heterocycles. The Balaban J connectivity index is 3.35. The van der Waals surface area contributed by atoms with Gasteiger partial charge in [0.05, 0.1) is 17.3 Å². The quantitative estimate of drug-likeness (QED) is 0.866. The maximum Gasteiger partial charge on any atom is 0.265 e. The third kappa shape index (κ3) is 2.21. The first-order valence-corrected chi connectivity index (χ1v) is 5.22. The summed E-state index contributed by atoms with van der Waals surface area (Å²) in [7, 11) is 0. The summed E-state index contributed by atoms with van der Waals surface area (Å²) in [6.45, 7) is -0.377. The molecule has 78 valence electrons. The molecule has 0 aliphatic heterocycles. The SMILES string of the molecule is OCc1ncc(Cl)c(C(F)F)c1CBr. The zero-order chi connectivity index (χ0) is 10.7. The fourth-order valence-corrected chi connectivity index (χ4v) is 1.97. The second-order valence-electron chi connectivity index (χ2n) is 2.54. The van der Waals surface area contributed by atoms with Gasteiger partial charge in [-0.3, -0.25) is 4.98 Å². The third-order valence-electron chi connectivity index (χ3n) is 1.77. The maximum absolute atomic E-state index is 12.6. The number of nitrogens with zero attached hydrogens (tertiary/aromatic N) is 1.